The van der Waals surface area contributed by atoms with Crippen LogP contribution in [-0.2, 0) is 17.7 Å². The fourth-order valence-electron chi connectivity index (χ4n) is 1.56. The van der Waals surface area contributed by atoms with E-state index in [1.807, 2.05) is 0 Å². The lowest BCUT2D eigenvalue weighted by Gasteiger charge is -2.26. The van der Waals surface area contributed by atoms with Gasteiger partial charge in [0.2, 0.25) is 0 Å². The number of ether oxygens (including phenoxy) is 1. The zero-order valence-electron chi connectivity index (χ0n) is 8.44. The average Bonchev–Trinajstić information content (AvgIpc) is 2.55. The van der Waals surface area contributed by atoms with Crippen molar-refractivity contribution in [1.29, 1.82) is 0 Å². The van der Waals surface area contributed by atoms with Gasteiger partial charge in [0.05, 0.1) is 6.61 Å². The Morgan fingerprint density at radius 1 is 1.64 bits per heavy atom. The Morgan fingerprint density at radius 2 is 2.50 bits per heavy atom. The Morgan fingerprint density at radius 3 is 3.14 bits per heavy atom. The summed E-state index contributed by atoms with van der Waals surface area (Å²) in [5.74, 6) is 1.81. The molecule has 14 heavy (non-hydrogen) atoms. The molecular formula is C9H16N4O. The predicted octanol–water partition coefficient (Wildman–Crippen LogP) is -0.314. The van der Waals surface area contributed by atoms with E-state index in [1.165, 1.54) is 0 Å². The van der Waals surface area contributed by atoms with Crippen LogP contribution in [0.2, 0.25) is 0 Å². The van der Waals surface area contributed by atoms with Gasteiger partial charge in [-0.25, -0.2) is 0 Å². The van der Waals surface area contributed by atoms with Gasteiger partial charge in [0.1, 0.15) is 12.2 Å². The Bertz CT molecular complexity index is 282. The van der Waals surface area contributed by atoms with Gasteiger partial charge in [-0.2, -0.15) is 0 Å². The van der Waals surface area contributed by atoms with Crippen molar-refractivity contribution in [2.75, 3.05) is 26.8 Å². The van der Waals surface area contributed by atoms with Crippen molar-refractivity contribution in [3.05, 3.63) is 12.2 Å². The maximum absolute atomic E-state index is 5.03. The van der Waals surface area contributed by atoms with Crippen LogP contribution >= 0.6 is 0 Å². The summed E-state index contributed by atoms with van der Waals surface area (Å²) in [5.41, 5.74) is 0. The highest BCUT2D eigenvalue weighted by Gasteiger charge is 2.19. The van der Waals surface area contributed by atoms with Crippen LogP contribution in [0.1, 0.15) is 5.82 Å². The molecule has 0 radical (unpaired) electrons. The lowest BCUT2D eigenvalue weighted by atomic mass is 9.99. The minimum atomic E-state index is 0.716. The molecule has 1 aromatic rings. The average molecular weight is 196 g/mol. The van der Waals surface area contributed by atoms with Gasteiger partial charge in [0, 0.05) is 20.1 Å². The first kappa shape index (κ1) is 9.61. The van der Waals surface area contributed by atoms with E-state index in [2.05, 4.69) is 20.1 Å². The second kappa shape index (κ2) is 4.52. The molecule has 5 heteroatoms. The molecule has 0 aliphatic carbocycles. The van der Waals surface area contributed by atoms with Crippen LogP contribution in [0.15, 0.2) is 6.33 Å². The fraction of sp³-hybridized carbons (Fsp3) is 0.778. The molecule has 1 aliphatic heterocycles. The Balaban J connectivity index is 1.90. The maximum Gasteiger partial charge on any atom is 0.133 e. The first-order valence-electron chi connectivity index (χ1n) is 4.96. The summed E-state index contributed by atoms with van der Waals surface area (Å²) >= 11 is 0. The Hall–Kier alpha value is -0.940. The van der Waals surface area contributed by atoms with Gasteiger partial charge < -0.3 is 14.6 Å². The molecule has 0 atom stereocenters. The van der Waals surface area contributed by atoms with Gasteiger partial charge >= 0.3 is 0 Å². The van der Waals surface area contributed by atoms with E-state index in [4.69, 9.17) is 4.74 Å². The van der Waals surface area contributed by atoms with Gasteiger partial charge in [-0.1, -0.05) is 0 Å². The van der Waals surface area contributed by atoms with Crippen LogP contribution in [-0.4, -0.2) is 41.6 Å². The van der Waals surface area contributed by atoms with Crippen LogP contribution in [0, 0.1) is 5.92 Å². The third-order valence-corrected chi connectivity index (χ3v) is 2.57. The van der Waals surface area contributed by atoms with Crippen LogP contribution in [0.4, 0.5) is 0 Å². The van der Waals surface area contributed by atoms with Crippen molar-refractivity contribution in [2.45, 2.75) is 13.0 Å². The van der Waals surface area contributed by atoms with E-state index >= 15 is 0 Å². The SMILES string of the molecule is COCCn1cnnc1CC1CNC1. The molecule has 0 amide bonds. The maximum atomic E-state index is 5.03. The summed E-state index contributed by atoms with van der Waals surface area (Å²) in [6, 6.07) is 0. The largest absolute Gasteiger partial charge is 0.383 e. The molecule has 2 heterocycles. The smallest absolute Gasteiger partial charge is 0.133 e. The number of nitrogens with one attached hydrogen (secondary N) is 1. The van der Waals surface area contributed by atoms with Gasteiger partial charge in [0.25, 0.3) is 0 Å². The molecule has 1 fully saturated rings. The van der Waals surface area contributed by atoms with E-state index in [1.54, 1.807) is 13.4 Å². The topological polar surface area (TPSA) is 52.0 Å². The molecule has 1 N–H and O–H groups in total. The molecule has 0 aromatic carbocycles. The highest BCUT2D eigenvalue weighted by molar-refractivity contribution is 4.92. The van der Waals surface area contributed by atoms with Crippen LogP contribution in [0.3, 0.4) is 0 Å². The molecule has 1 aliphatic rings. The summed E-state index contributed by atoms with van der Waals surface area (Å²) in [7, 11) is 1.71. The summed E-state index contributed by atoms with van der Waals surface area (Å²) in [6.07, 6.45) is 2.80. The number of methoxy groups -OCH3 is 1. The highest BCUT2D eigenvalue weighted by atomic mass is 16.5. The summed E-state index contributed by atoms with van der Waals surface area (Å²) in [6.45, 7) is 3.78. The van der Waals surface area contributed by atoms with Crippen molar-refractivity contribution >= 4 is 0 Å². The van der Waals surface area contributed by atoms with E-state index in [-0.39, 0.29) is 0 Å². The third-order valence-electron chi connectivity index (χ3n) is 2.57. The quantitative estimate of drug-likeness (QED) is 0.701. The summed E-state index contributed by atoms with van der Waals surface area (Å²) < 4.78 is 7.10. The van der Waals surface area contributed by atoms with Crippen molar-refractivity contribution in [3.8, 4) is 0 Å². The van der Waals surface area contributed by atoms with E-state index in [0.29, 0.717) is 6.61 Å². The molecule has 0 saturated carbocycles. The summed E-state index contributed by atoms with van der Waals surface area (Å²) in [5, 5.41) is 11.3. The van der Waals surface area contributed by atoms with Crippen LogP contribution in [0.5, 0.6) is 0 Å². The monoisotopic (exact) mass is 196 g/mol. The zero-order valence-corrected chi connectivity index (χ0v) is 8.44. The van der Waals surface area contributed by atoms with Crippen molar-refractivity contribution in [2.24, 2.45) is 5.92 Å². The van der Waals surface area contributed by atoms with E-state index < -0.39 is 0 Å². The van der Waals surface area contributed by atoms with Crippen molar-refractivity contribution in [1.82, 2.24) is 20.1 Å². The van der Waals surface area contributed by atoms with Gasteiger partial charge in [-0.15, -0.1) is 10.2 Å². The van der Waals surface area contributed by atoms with Crippen molar-refractivity contribution in [3.63, 3.8) is 0 Å². The predicted molar refractivity (Wildman–Crippen MR) is 52.0 cm³/mol. The Labute approximate surface area is 83.5 Å². The van der Waals surface area contributed by atoms with Gasteiger partial charge in [-0.05, 0) is 19.0 Å². The number of hydrogen-bond donors (Lipinski definition) is 1. The third kappa shape index (κ3) is 2.10. The molecule has 1 aromatic heterocycles. The number of aromatic nitrogens is 3. The molecule has 0 bridgehead atoms. The first-order chi connectivity index (χ1) is 6.90. The molecule has 78 valence electrons. The highest BCUT2D eigenvalue weighted by Crippen LogP contribution is 2.10. The Kier molecular flexibility index (Phi) is 3.10. The van der Waals surface area contributed by atoms with E-state index in [0.717, 1.165) is 37.8 Å². The minimum Gasteiger partial charge on any atom is -0.383 e. The number of nitrogens with zero attached hydrogens (tertiary/aromatic N) is 3. The zero-order chi connectivity index (χ0) is 9.80. The first-order valence-corrected chi connectivity index (χ1v) is 4.96. The normalized spacial score (nSPS) is 16.9. The standard InChI is InChI=1S/C9H16N4O/c1-14-3-2-13-7-11-12-9(13)4-8-5-10-6-8/h7-8,10H,2-6H2,1H3. The van der Waals surface area contributed by atoms with E-state index in [9.17, 15) is 0 Å². The van der Waals surface area contributed by atoms with Gasteiger partial charge in [0.15, 0.2) is 0 Å². The van der Waals surface area contributed by atoms with Crippen molar-refractivity contribution < 1.29 is 4.74 Å². The summed E-state index contributed by atoms with van der Waals surface area (Å²) in [4.78, 5) is 0. The second-order valence-corrected chi connectivity index (χ2v) is 3.66. The lowest BCUT2D eigenvalue weighted by Crippen LogP contribution is -2.43. The molecular weight excluding hydrogens is 180 g/mol. The van der Waals surface area contributed by atoms with Crippen LogP contribution < -0.4 is 5.32 Å². The van der Waals surface area contributed by atoms with Gasteiger partial charge in [-0.3, -0.25) is 0 Å². The molecule has 0 spiro atoms. The molecule has 5 nitrogen and oxygen atoms in total. The fourth-order valence-corrected chi connectivity index (χ4v) is 1.56. The number of hydrogen-bond acceptors (Lipinski definition) is 4. The lowest BCUT2D eigenvalue weighted by molar-refractivity contribution is 0.185. The molecule has 0 unspecified atom stereocenters. The number of rotatable bonds is 5. The second-order valence-electron chi connectivity index (χ2n) is 3.66. The molecule has 1 saturated heterocycles. The minimum absolute atomic E-state index is 0.716. The van der Waals surface area contributed by atoms with Crippen LogP contribution in [0.25, 0.3) is 0 Å². The molecule has 2 rings (SSSR count).